The van der Waals surface area contributed by atoms with Crippen molar-refractivity contribution in [3.05, 3.63) is 0 Å². The largest absolute Gasteiger partial charge is 0.329 e. The van der Waals surface area contributed by atoms with E-state index in [1.807, 2.05) is 0 Å². The van der Waals surface area contributed by atoms with Gasteiger partial charge in [0.15, 0.2) is 0 Å². The zero-order valence-electron chi connectivity index (χ0n) is 12.6. The molecule has 2 heteroatoms. The molecule has 18 heavy (non-hydrogen) atoms. The van der Waals surface area contributed by atoms with Crippen LogP contribution >= 0.6 is 0 Å². The number of hydrogen-bond donors (Lipinski definition) is 1. The zero-order valence-corrected chi connectivity index (χ0v) is 12.6. The number of rotatable bonds is 3. The molecule has 1 aliphatic heterocycles. The summed E-state index contributed by atoms with van der Waals surface area (Å²) < 4.78 is 0. The summed E-state index contributed by atoms with van der Waals surface area (Å²) in [5.74, 6) is 2.63. The lowest BCUT2D eigenvalue weighted by atomic mass is 9.68. The van der Waals surface area contributed by atoms with E-state index >= 15 is 0 Å². The third-order valence-electron chi connectivity index (χ3n) is 5.92. The van der Waals surface area contributed by atoms with E-state index in [0.717, 1.165) is 24.3 Å². The smallest absolute Gasteiger partial charge is 0.0357 e. The Balaban J connectivity index is 2.04. The van der Waals surface area contributed by atoms with E-state index in [1.165, 1.54) is 51.6 Å². The Bertz CT molecular complexity index is 258. The average Bonchev–Trinajstić information content (AvgIpc) is 2.40. The second kappa shape index (κ2) is 5.92. The van der Waals surface area contributed by atoms with Crippen LogP contribution in [0.2, 0.25) is 0 Å². The van der Waals surface area contributed by atoms with E-state index in [-0.39, 0.29) is 0 Å². The number of hydrogen-bond acceptors (Lipinski definition) is 2. The van der Waals surface area contributed by atoms with E-state index in [0.29, 0.717) is 5.54 Å². The van der Waals surface area contributed by atoms with Crippen molar-refractivity contribution in [2.24, 2.45) is 23.5 Å². The number of piperidine rings is 1. The van der Waals surface area contributed by atoms with Crippen molar-refractivity contribution in [2.75, 3.05) is 19.6 Å². The quantitative estimate of drug-likeness (QED) is 0.835. The van der Waals surface area contributed by atoms with Gasteiger partial charge in [-0.05, 0) is 62.9 Å². The fourth-order valence-corrected chi connectivity index (χ4v) is 4.37. The Hall–Kier alpha value is -0.0800. The highest BCUT2D eigenvalue weighted by molar-refractivity contribution is 5.00. The molecule has 0 aromatic heterocycles. The van der Waals surface area contributed by atoms with Gasteiger partial charge in [-0.15, -0.1) is 0 Å². The summed E-state index contributed by atoms with van der Waals surface area (Å²) in [5, 5.41) is 0. The van der Waals surface area contributed by atoms with Gasteiger partial charge in [0.2, 0.25) is 0 Å². The van der Waals surface area contributed by atoms with Gasteiger partial charge in [0.25, 0.3) is 0 Å². The van der Waals surface area contributed by atoms with Crippen LogP contribution in [0.25, 0.3) is 0 Å². The summed E-state index contributed by atoms with van der Waals surface area (Å²) in [6, 6.07) is 0. The number of nitrogens with two attached hydrogens (primary N) is 1. The summed E-state index contributed by atoms with van der Waals surface area (Å²) in [4.78, 5) is 2.76. The van der Waals surface area contributed by atoms with Gasteiger partial charge in [0.1, 0.15) is 0 Å². The first-order chi connectivity index (χ1) is 8.62. The molecule has 2 N–H and O–H groups in total. The lowest BCUT2D eigenvalue weighted by molar-refractivity contribution is -0.0209. The van der Waals surface area contributed by atoms with E-state index < -0.39 is 0 Å². The Morgan fingerprint density at radius 3 is 2.33 bits per heavy atom. The first-order valence-corrected chi connectivity index (χ1v) is 8.07. The third kappa shape index (κ3) is 2.60. The molecule has 0 spiro atoms. The predicted octanol–water partition coefficient (Wildman–Crippen LogP) is 3.26. The van der Waals surface area contributed by atoms with E-state index in [2.05, 4.69) is 25.7 Å². The summed E-state index contributed by atoms with van der Waals surface area (Å²) in [7, 11) is 0. The normalized spacial score (nSPS) is 40.0. The molecule has 1 saturated carbocycles. The topological polar surface area (TPSA) is 29.3 Å². The van der Waals surface area contributed by atoms with Crippen molar-refractivity contribution < 1.29 is 0 Å². The maximum Gasteiger partial charge on any atom is 0.0357 e. The molecular formula is C16H32N2. The molecule has 2 aliphatic rings. The molecule has 0 radical (unpaired) electrons. The van der Waals surface area contributed by atoms with E-state index in [4.69, 9.17) is 5.73 Å². The fourth-order valence-electron chi connectivity index (χ4n) is 4.37. The minimum atomic E-state index is 0.325. The zero-order chi connectivity index (χ0) is 13.2. The molecule has 2 rings (SSSR count). The highest BCUT2D eigenvalue weighted by Gasteiger charge is 2.44. The summed E-state index contributed by atoms with van der Waals surface area (Å²) in [6.07, 6.45) is 8.19. The highest BCUT2D eigenvalue weighted by Crippen LogP contribution is 2.42. The van der Waals surface area contributed by atoms with Crippen molar-refractivity contribution in [1.82, 2.24) is 4.90 Å². The van der Waals surface area contributed by atoms with Crippen LogP contribution in [0.4, 0.5) is 0 Å². The van der Waals surface area contributed by atoms with Gasteiger partial charge in [-0.1, -0.05) is 27.2 Å². The van der Waals surface area contributed by atoms with Crippen LogP contribution in [-0.2, 0) is 0 Å². The molecule has 3 unspecified atom stereocenters. The number of nitrogens with zero attached hydrogens (tertiary/aromatic N) is 1. The van der Waals surface area contributed by atoms with Crippen LogP contribution < -0.4 is 5.73 Å². The lowest BCUT2D eigenvalue weighted by Crippen LogP contribution is -2.61. The van der Waals surface area contributed by atoms with Crippen LogP contribution in [0.5, 0.6) is 0 Å². The van der Waals surface area contributed by atoms with Crippen LogP contribution in [0.1, 0.15) is 59.3 Å². The fraction of sp³-hybridized carbons (Fsp3) is 1.00. The molecule has 106 valence electrons. The maximum atomic E-state index is 6.23. The Morgan fingerprint density at radius 2 is 1.83 bits per heavy atom. The SMILES string of the molecule is CCC1CCN(C2(CN)CCC(C)CC2C)CC1. The molecule has 1 saturated heterocycles. The molecule has 2 nitrogen and oxygen atoms in total. The lowest BCUT2D eigenvalue weighted by Gasteiger charge is -2.53. The van der Waals surface area contributed by atoms with Crippen molar-refractivity contribution in [1.29, 1.82) is 0 Å². The van der Waals surface area contributed by atoms with Crippen molar-refractivity contribution in [2.45, 2.75) is 64.8 Å². The monoisotopic (exact) mass is 252 g/mol. The van der Waals surface area contributed by atoms with Gasteiger partial charge in [-0.3, -0.25) is 4.90 Å². The predicted molar refractivity (Wildman–Crippen MR) is 78.6 cm³/mol. The van der Waals surface area contributed by atoms with Crippen LogP contribution in [0.15, 0.2) is 0 Å². The summed E-state index contributed by atoms with van der Waals surface area (Å²) >= 11 is 0. The van der Waals surface area contributed by atoms with Crippen LogP contribution in [0, 0.1) is 17.8 Å². The van der Waals surface area contributed by atoms with Crippen molar-refractivity contribution >= 4 is 0 Å². The second-order valence-corrected chi connectivity index (χ2v) is 6.93. The summed E-state index contributed by atoms with van der Waals surface area (Å²) in [6.45, 7) is 10.6. The minimum absolute atomic E-state index is 0.325. The van der Waals surface area contributed by atoms with E-state index in [1.54, 1.807) is 0 Å². The minimum Gasteiger partial charge on any atom is -0.329 e. The first-order valence-electron chi connectivity index (χ1n) is 8.07. The molecular weight excluding hydrogens is 220 g/mol. The van der Waals surface area contributed by atoms with Crippen LogP contribution in [-0.4, -0.2) is 30.1 Å². The highest BCUT2D eigenvalue weighted by atomic mass is 15.2. The van der Waals surface area contributed by atoms with E-state index in [9.17, 15) is 0 Å². The molecule has 3 atom stereocenters. The van der Waals surface area contributed by atoms with Crippen molar-refractivity contribution in [3.8, 4) is 0 Å². The number of likely N-dealkylation sites (tertiary alicyclic amines) is 1. The molecule has 0 aromatic carbocycles. The van der Waals surface area contributed by atoms with Gasteiger partial charge in [-0.25, -0.2) is 0 Å². The van der Waals surface area contributed by atoms with Gasteiger partial charge in [0.05, 0.1) is 0 Å². The molecule has 0 amide bonds. The Morgan fingerprint density at radius 1 is 1.17 bits per heavy atom. The van der Waals surface area contributed by atoms with Crippen molar-refractivity contribution in [3.63, 3.8) is 0 Å². The van der Waals surface area contributed by atoms with Gasteiger partial charge in [0, 0.05) is 12.1 Å². The Labute approximate surface area is 113 Å². The third-order valence-corrected chi connectivity index (χ3v) is 5.92. The van der Waals surface area contributed by atoms with Crippen LogP contribution in [0.3, 0.4) is 0 Å². The Kier molecular flexibility index (Phi) is 4.71. The van der Waals surface area contributed by atoms with Gasteiger partial charge in [-0.2, -0.15) is 0 Å². The molecule has 0 aromatic rings. The first kappa shape index (κ1) is 14.3. The summed E-state index contributed by atoms with van der Waals surface area (Å²) in [5.41, 5.74) is 6.56. The molecule has 1 aliphatic carbocycles. The molecule has 2 fully saturated rings. The van der Waals surface area contributed by atoms with Gasteiger partial charge >= 0.3 is 0 Å². The average molecular weight is 252 g/mol. The molecule has 1 heterocycles. The molecule has 0 bridgehead atoms. The maximum absolute atomic E-state index is 6.23. The standard InChI is InChI=1S/C16H32N2/c1-4-15-6-9-18(10-7-15)16(12-17)8-5-13(2)11-14(16)3/h13-15H,4-12,17H2,1-3H3. The van der Waals surface area contributed by atoms with Gasteiger partial charge < -0.3 is 5.73 Å². The second-order valence-electron chi connectivity index (χ2n) is 6.93.